The van der Waals surface area contributed by atoms with E-state index in [0.29, 0.717) is 0 Å². The Bertz CT molecular complexity index is 115. The van der Waals surface area contributed by atoms with Crippen molar-refractivity contribution in [3.63, 3.8) is 0 Å². The second-order valence-corrected chi connectivity index (χ2v) is 3.15. The molecule has 6 heteroatoms. The SMILES string of the molecule is O=P1(OCl)OCCO1. The molecule has 8 heavy (non-hydrogen) atoms. The van der Waals surface area contributed by atoms with Gasteiger partial charge in [-0.2, -0.15) is 4.08 Å². The highest BCUT2D eigenvalue weighted by molar-refractivity contribution is 7.49. The van der Waals surface area contributed by atoms with Gasteiger partial charge in [-0.1, -0.05) is 0 Å². The number of hydrogen-bond acceptors (Lipinski definition) is 4. The molecule has 1 rings (SSSR count). The van der Waals surface area contributed by atoms with Gasteiger partial charge in [-0.3, -0.25) is 9.05 Å². The first-order valence-corrected chi connectivity index (χ1v) is 3.73. The van der Waals surface area contributed by atoms with Gasteiger partial charge in [-0.05, 0) is 0 Å². The molecule has 0 aromatic heterocycles. The molecular weight excluding hydrogens is 154 g/mol. The molecule has 1 aliphatic heterocycles. The van der Waals surface area contributed by atoms with E-state index in [2.05, 4.69) is 13.1 Å². The first kappa shape index (κ1) is 6.52. The Morgan fingerprint density at radius 1 is 1.50 bits per heavy atom. The number of phosphoric acid groups is 1. The monoisotopic (exact) mass is 158 g/mol. The largest absolute Gasteiger partial charge is 0.491 e. The van der Waals surface area contributed by atoms with E-state index in [1.54, 1.807) is 0 Å². The van der Waals surface area contributed by atoms with E-state index in [9.17, 15) is 4.57 Å². The summed E-state index contributed by atoms with van der Waals surface area (Å²) in [7, 11) is -3.29. The van der Waals surface area contributed by atoms with Crippen LogP contribution in [-0.2, 0) is 17.7 Å². The van der Waals surface area contributed by atoms with Gasteiger partial charge in [0.2, 0.25) is 0 Å². The van der Waals surface area contributed by atoms with Crippen LogP contribution in [0, 0.1) is 0 Å². The Balaban J connectivity index is 2.53. The van der Waals surface area contributed by atoms with E-state index in [-0.39, 0.29) is 13.2 Å². The summed E-state index contributed by atoms with van der Waals surface area (Å²) in [6.07, 6.45) is 0. The van der Waals surface area contributed by atoms with Gasteiger partial charge in [0.15, 0.2) is 0 Å². The minimum absolute atomic E-state index is 0.282. The fraction of sp³-hybridized carbons (Fsp3) is 1.00. The van der Waals surface area contributed by atoms with Crippen molar-refractivity contribution in [2.45, 2.75) is 0 Å². The van der Waals surface area contributed by atoms with Gasteiger partial charge >= 0.3 is 7.82 Å². The van der Waals surface area contributed by atoms with Crippen molar-refractivity contribution < 1.29 is 17.7 Å². The van der Waals surface area contributed by atoms with Crippen molar-refractivity contribution in [2.75, 3.05) is 13.2 Å². The summed E-state index contributed by atoms with van der Waals surface area (Å²) in [4.78, 5) is 0. The smallest absolute Gasteiger partial charge is 0.284 e. The Kier molecular flexibility index (Phi) is 1.90. The fourth-order valence-electron chi connectivity index (χ4n) is 0.375. The second kappa shape index (κ2) is 2.33. The lowest BCUT2D eigenvalue weighted by Crippen LogP contribution is -1.79. The van der Waals surface area contributed by atoms with Crippen molar-refractivity contribution in [1.29, 1.82) is 0 Å². The van der Waals surface area contributed by atoms with Gasteiger partial charge in [-0.15, -0.1) is 0 Å². The molecule has 0 aromatic rings. The van der Waals surface area contributed by atoms with Crippen LogP contribution >= 0.6 is 19.7 Å². The summed E-state index contributed by atoms with van der Waals surface area (Å²) in [6, 6.07) is 0. The highest BCUT2D eigenvalue weighted by Gasteiger charge is 2.31. The molecule has 0 spiro atoms. The van der Waals surface area contributed by atoms with Gasteiger partial charge < -0.3 is 0 Å². The van der Waals surface area contributed by atoms with Crippen LogP contribution < -0.4 is 0 Å². The third kappa shape index (κ3) is 1.21. The highest BCUT2D eigenvalue weighted by Crippen LogP contribution is 2.53. The van der Waals surface area contributed by atoms with Gasteiger partial charge in [-0.25, -0.2) is 4.57 Å². The lowest BCUT2D eigenvalue weighted by Gasteiger charge is -1.99. The molecule has 0 aromatic carbocycles. The predicted octanol–water partition coefficient (Wildman–Crippen LogP) is 1.31. The van der Waals surface area contributed by atoms with E-state index in [1.807, 2.05) is 0 Å². The Hall–Kier alpha value is 0.400. The highest BCUT2D eigenvalue weighted by atomic mass is 35.5. The molecule has 0 saturated carbocycles. The van der Waals surface area contributed by atoms with E-state index in [1.165, 1.54) is 0 Å². The van der Waals surface area contributed by atoms with Crippen molar-refractivity contribution in [2.24, 2.45) is 0 Å². The van der Waals surface area contributed by atoms with Crippen LogP contribution in [0.15, 0.2) is 0 Å². The summed E-state index contributed by atoms with van der Waals surface area (Å²) in [5.41, 5.74) is 0. The number of hydrogen-bond donors (Lipinski definition) is 0. The topological polar surface area (TPSA) is 44.8 Å². The van der Waals surface area contributed by atoms with Gasteiger partial charge in [0.1, 0.15) is 0 Å². The summed E-state index contributed by atoms with van der Waals surface area (Å²) in [5.74, 6) is 0. The first-order chi connectivity index (χ1) is 3.77. The quantitative estimate of drug-likeness (QED) is 0.540. The molecule has 0 bridgehead atoms. The van der Waals surface area contributed by atoms with Gasteiger partial charge in [0, 0.05) is 0 Å². The molecule has 0 radical (unpaired) electrons. The molecule has 0 aliphatic carbocycles. The molecule has 0 amide bonds. The number of halogens is 1. The fourth-order valence-corrected chi connectivity index (χ4v) is 1.36. The standard InChI is InChI=1S/C2H4ClO4P/c3-7-8(4)5-1-2-6-8/h1-2H2. The molecule has 48 valence electrons. The summed E-state index contributed by atoms with van der Waals surface area (Å²) in [5, 5.41) is 0. The van der Waals surface area contributed by atoms with Gasteiger partial charge in [0.05, 0.1) is 25.1 Å². The molecule has 0 unspecified atom stereocenters. The van der Waals surface area contributed by atoms with E-state index in [0.717, 1.165) is 0 Å². The summed E-state index contributed by atoms with van der Waals surface area (Å²) in [6.45, 7) is 0.563. The average molecular weight is 158 g/mol. The lowest BCUT2D eigenvalue weighted by molar-refractivity contribution is 0.278. The summed E-state index contributed by atoms with van der Waals surface area (Å²) < 4.78 is 23.4. The predicted molar refractivity (Wildman–Crippen MR) is 26.4 cm³/mol. The van der Waals surface area contributed by atoms with Crippen molar-refractivity contribution in [1.82, 2.24) is 0 Å². The Morgan fingerprint density at radius 3 is 2.25 bits per heavy atom. The molecule has 4 nitrogen and oxygen atoms in total. The maximum atomic E-state index is 10.6. The summed E-state index contributed by atoms with van der Waals surface area (Å²) >= 11 is 4.74. The Labute approximate surface area is 51.5 Å². The van der Waals surface area contributed by atoms with Crippen molar-refractivity contribution in [3.8, 4) is 0 Å². The third-order valence-electron chi connectivity index (χ3n) is 0.667. The normalized spacial score (nSPS) is 26.1. The van der Waals surface area contributed by atoms with Crippen molar-refractivity contribution in [3.05, 3.63) is 0 Å². The van der Waals surface area contributed by atoms with E-state index in [4.69, 9.17) is 11.9 Å². The first-order valence-electron chi connectivity index (χ1n) is 1.96. The lowest BCUT2D eigenvalue weighted by atomic mass is 10.8. The van der Waals surface area contributed by atoms with Crippen LogP contribution in [0.1, 0.15) is 0 Å². The van der Waals surface area contributed by atoms with Crippen LogP contribution in [0.3, 0.4) is 0 Å². The molecule has 1 aliphatic rings. The van der Waals surface area contributed by atoms with Crippen LogP contribution in [0.5, 0.6) is 0 Å². The molecule has 0 N–H and O–H groups in total. The molecule has 1 fully saturated rings. The molecular formula is C2H4ClO4P. The van der Waals surface area contributed by atoms with E-state index < -0.39 is 7.82 Å². The van der Waals surface area contributed by atoms with Crippen LogP contribution in [0.4, 0.5) is 0 Å². The average Bonchev–Trinajstić information content (AvgIpc) is 2.17. The zero-order valence-electron chi connectivity index (χ0n) is 3.87. The Morgan fingerprint density at radius 2 is 2.00 bits per heavy atom. The second-order valence-electron chi connectivity index (χ2n) is 1.18. The van der Waals surface area contributed by atoms with Crippen LogP contribution in [-0.4, -0.2) is 13.2 Å². The molecule has 0 atom stereocenters. The van der Waals surface area contributed by atoms with E-state index >= 15 is 0 Å². The van der Waals surface area contributed by atoms with Gasteiger partial charge in [0.25, 0.3) is 0 Å². The third-order valence-corrected chi connectivity index (χ3v) is 2.34. The maximum absolute atomic E-state index is 10.6. The minimum atomic E-state index is -3.29. The number of rotatable bonds is 1. The number of phosphoric ester groups is 1. The van der Waals surface area contributed by atoms with Crippen LogP contribution in [0.25, 0.3) is 0 Å². The van der Waals surface area contributed by atoms with Crippen molar-refractivity contribution >= 4 is 19.7 Å². The zero-order chi connectivity index (χ0) is 6.04. The maximum Gasteiger partial charge on any atom is 0.491 e. The zero-order valence-corrected chi connectivity index (χ0v) is 5.52. The molecule has 1 saturated heterocycles. The molecule has 1 heterocycles. The van der Waals surface area contributed by atoms with Crippen LogP contribution in [0.2, 0.25) is 0 Å². The minimum Gasteiger partial charge on any atom is -0.284 e.